The highest BCUT2D eigenvalue weighted by molar-refractivity contribution is 6.33. The Hall–Kier alpha value is -2.08. The molecule has 17 heavy (non-hydrogen) atoms. The lowest BCUT2D eigenvalue weighted by Gasteiger charge is -2.04. The van der Waals surface area contributed by atoms with Crippen molar-refractivity contribution in [1.82, 2.24) is 10.1 Å². The van der Waals surface area contributed by atoms with Gasteiger partial charge >= 0.3 is 5.97 Å². The summed E-state index contributed by atoms with van der Waals surface area (Å²) < 4.78 is 4.87. The molecule has 0 aliphatic carbocycles. The van der Waals surface area contributed by atoms with Crippen LogP contribution in [-0.2, 0) is 6.54 Å². The molecule has 7 heteroatoms. The number of carboxylic acids is 1. The zero-order valence-corrected chi connectivity index (χ0v) is 9.31. The number of carbonyl (C=O) groups is 1. The minimum atomic E-state index is -1.10. The van der Waals surface area contributed by atoms with E-state index < -0.39 is 5.97 Å². The van der Waals surface area contributed by atoms with Crippen LogP contribution >= 0.6 is 11.6 Å². The van der Waals surface area contributed by atoms with Crippen LogP contribution in [0.3, 0.4) is 0 Å². The second kappa shape index (κ2) is 4.84. The van der Waals surface area contributed by atoms with E-state index in [0.29, 0.717) is 18.1 Å². The molecule has 0 aliphatic rings. The number of nitrogens with one attached hydrogen (secondary N) is 1. The van der Waals surface area contributed by atoms with Gasteiger partial charge in [0.25, 0.3) is 0 Å². The SMILES string of the molecule is O=C(O)c1cc(NCc2ccno2)ncc1Cl. The van der Waals surface area contributed by atoms with Crippen LogP contribution in [0.25, 0.3) is 0 Å². The molecule has 2 rings (SSSR count). The van der Waals surface area contributed by atoms with Crippen LogP contribution in [0.1, 0.15) is 16.1 Å². The van der Waals surface area contributed by atoms with Gasteiger partial charge in [0, 0.05) is 12.3 Å². The first-order chi connectivity index (χ1) is 8.16. The van der Waals surface area contributed by atoms with Crippen LogP contribution < -0.4 is 5.32 Å². The zero-order chi connectivity index (χ0) is 12.3. The fraction of sp³-hybridized carbons (Fsp3) is 0.100. The van der Waals surface area contributed by atoms with E-state index in [9.17, 15) is 4.79 Å². The zero-order valence-electron chi connectivity index (χ0n) is 8.55. The first-order valence-corrected chi connectivity index (χ1v) is 5.07. The number of halogens is 1. The topological polar surface area (TPSA) is 88.2 Å². The quantitative estimate of drug-likeness (QED) is 0.867. The minimum absolute atomic E-state index is 0.00161. The summed E-state index contributed by atoms with van der Waals surface area (Å²) in [6.07, 6.45) is 2.81. The lowest BCUT2D eigenvalue weighted by Crippen LogP contribution is -2.04. The molecule has 0 aromatic carbocycles. The molecule has 88 valence electrons. The summed E-state index contributed by atoms with van der Waals surface area (Å²) in [6, 6.07) is 3.06. The fourth-order valence-corrected chi connectivity index (χ4v) is 1.39. The largest absolute Gasteiger partial charge is 0.478 e. The smallest absolute Gasteiger partial charge is 0.337 e. The molecule has 0 spiro atoms. The number of nitrogens with zero attached hydrogens (tertiary/aromatic N) is 2. The van der Waals surface area contributed by atoms with Gasteiger partial charge in [-0.15, -0.1) is 0 Å². The summed E-state index contributed by atoms with van der Waals surface area (Å²) in [5, 5.41) is 15.4. The van der Waals surface area contributed by atoms with Gasteiger partial charge < -0.3 is 14.9 Å². The van der Waals surface area contributed by atoms with Crippen molar-refractivity contribution in [3.05, 3.63) is 40.9 Å². The van der Waals surface area contributed by atoms with Crippen LogP contribution in [-0.4, -0.2) is 21.2 Å². The summed E-state index contributed by atoms with van der Waals surface area (Å²) in [5.41, 5.74) is 0.00161. The predicted molar refractivity (Wildman–Crippen MR) is 60.0 cm³/mol. The molecule has 0 fully saturated rings. The van der Waals surface area contributed by atoms with E-state index in [2.05, 4.69) is 15.5 Å². The molecule has 0 radical (unpaired) electrons. The molecule has 0 aliphatic heterocycles. The van der Waals surface area contributed by atoms with Crippen LogP contribution in [0.2, 0.25) is 5.02 Å². The Kier molecular flexibility index (Phi) is 3.24. The molecule has 0 saturated carbocycles. The van der Waals surface area contributed by atoms with Crippen molar-refractivity contribution < 1.29 is 14.4 Å². The normalized spacial score (nSPS) is 10.2. The second-order valence-electron chi connectivity index (χ2n) is 3.19. The Morgan fingerprint density at radius 3 is 3.06 bits per heavy atom. The third kappa shape index (κ3) is 2.73. The van der Waals surface area contributed by atoms with Gasteiger partial charge in [-0.25, -0.2) is 9.78 Å². The van der Waals surface area contributed by atoms with Gasteiger partial charge in [0.2, 0.25) is 0 Å². The molecule has 2 N–H and O–H groups in total. The van der Waals surface area contributed by atoms with Gasteiger partial charge in [-0.05, 0) is 6.07 Å². The highest BCUT2D eigenvalue weighted by Crippen LogP contribution is 2.18. The maximum atomic E-state index is 10.8. The number of carboxylic acid groups (broad SMARTS) is 1. The lowest BCUT2D eigenvalue weighted by molar-refractivity contribution is 0.0697. The molecule has 2 heterocycles. The van der Waals surface area contributed by atoms with Crippen molar-refractivity contribution >= 4 is 23.4 Å². The maximum Gasteiger partial charge on any atom is 0.337 e. The van der Waals surface area contributed by atoms with E-state index >= 15 is 0 Å². The van der Waals surface area contributed by atoms with E-state index in [1.165, 1.54) is 18.5 Å². The van der Waals surface area contributed by atoms with Crippen LogP contribution in [0.15, 0.2) is 29.0 Å². The number of pyridine rings is 1. The first-order valence-electron chi connectivity index (χ1n) is 4.69. The fourth-order valence-electron chi connectivity index (χ4n) is 1.21. The van der Waals surface area contributed by atoms with E-state index in [4.69, 9.17) is 21.2 Å². The van der Waals surface area contributed by atoms with Crippen LogP contribution in [0.4, 0.5) is 5.82 Å². The van der Waals surface area contributed by atoms with E-state index in [0.717, 1.165) is 0 Å². The summed E-state index contributed by atoms with van der Waals surface area (Å²) in [7, 11) is 0. The van der Waals surface area contributed by atoms with Gasteiger partial charge in [-0.1, -0.05) is 16.8 Å². The number of aromatic carboxylic acids is 1. The van der Waals surface area contributed by atoms with Crippen molar-refractivity contribution in [2.75, 3.05) is 5.32 Å². The molecule has 0 unspecified atom stereocenters. The van der Waals surface area contributed by atoms with Crippen LogP contribution in [0, 0.1) is 0 Å². The summed E-state index contributed by atoms with van der Waals surface area (Å²) in [6.45, 7) is 0.369. The van der Waals surface area contributed by atoms with Crippen molar-refractivity contribution in [3.63, 3.8) is 0 Å². The van der Waals surface area contributed by atoms with Gasteiger partial charge in [0.1, 0.15) is 5.82 Å². The Labute approximate surface area is 101 Å². The third-order valence-corrected chi connectivity index (χ3v) is 2.32. The predicted octanol–water partition coefficient (Wildman–Crippen LogP) is 2.03. The molecule has 2 aromatic rings. The van der Waals surface area contributed by atoms with Crippen molar-refractivity contribution in [3.8, 4) is 0 Å². The molecule has 0 amide bonds. The number of hydrogen-bond donors (Lipinski definition) is 2. The number of aromatic nitrogens is 2. The Morgan fingerprint density at radius 1 is 1.59 bits per heavy atom. The highest BCUT2D eigenvalue weighted by Gasteiger charge is 2.10. The highest BCUT2D eigenvalue weighted by atomic mass is 35.5. The number of hydrogen-bond acceptors (Lipinski definition) is 5. The third-order valence-electron chi connectivity index (χ3n) is 2.02. The Balaban J connectivity index is 2.11. The van der Waals surface area contributed by atoms with Crippen molar-refractivity contribution in [2.45, 2.75) is 6.54 Å². The lowest BCUT2D eigenvalue weighted by atomic mass is 10.2. The van der Waals surface area contributed by atoms with Gasteiger partial charge in [0.05, 0.1) is 23.3 Å². The number of rotatable bonds is 4. The summed E-state index contributed by atoms with van der Waals surface area (Å²) >= 11 is 5.69. The molecule has 0 atom stereocenters. The summed E-state index contributed by atoms with van der Waals surface area (Å²) in [4.78, 5) is 14.8. The van der Waals surface area contributed by atoms with E-state index in [1.807, 2.05) is 0 Å². The van der Waals surface area contributed by atoms with E-state index in [1.54, 1.807) is 6.07 Å². The van der Waals surface area contributed by atoms with Crippen molar-refractivity contribution in [2.24, 2.45) is 0 Å². The monoisotopic (exact) mass is 253 g/mol. The molecule has 0 saturated heterocycles. The maximum absolute atomic E-state index is 10.8. The Morgan fingerprint density at radius 2 is 2.41 bits per heavy atom. The molecule has 2 aromatic heterocycles. The molecule has 0 bridgehead atoms. The average molecular weight is 254 g/mol. The number of anilines is 1. The standard InChI is InChI=1S/C10H8ClN3O3/c11-8-5-13-9(3-7(8)10(15)16)12-4-6-1-2-14-17-6/h1-3,5H,4H2,(H,12,13)(H,15,16). The molecule has 6 nitrogen and oxygen atoms in total. The minimum Gasteiger partial charge on any atom is -0.478 e. The second-order valence-corrected chi connectivity index (χ2v) is 3.59. The van der Waals surface area contributed by atoms with Crippen LogP contribution in [0.5, 0.6) is 0 Å². The summed E-state index contributed by atoms with van der Waals surface area (Å²) in [5.74, 6) is -0.0676. The van der Waals surface area contributed by atoms with Crippen molar-refractivity contribution in [1.29, 1.82) is 0 Å². The van der Waals surface area contributed by atoms with Gasteiger partial charge in [-0.2, -0.15) is 0 Å². The average Bonchev–Trinajstić information content (AvgIpc) is 2.80. The molecular weight excluding hydrogens is 246 g/mol. The van der Waals surface area contributed by atoms with Gasteiger partial charge in [0.15, 0.2) is 5.76 Å². The van der Waals surface area contributed by atoms with E-state index in [-0.39, 0.29) is 10.6 Å². The Bertz CT molecular complexity index is 528. The molecular formula is C10H8ClN3O3. The van der Waals surface area contributed by atoms with Gasteiger partial charge in [-0.3, -0.25) is 0 Å². The first kappa shape index (κ1) is 11.4.